The first-order valence-corrected chi connectivity index (χ1v) is 11.4. The topological polar surface area (TPSA) is 239 Å². The van der Waals surface area contributed by atoms with Crippen LogP contribution in [0.2, 0.25) is 0 Å². The highest BCUT2D eigenvalue weighted by Crippen LogP contribution is 2.45. The van der Waals surface area contributed by atoms with E-state index in [1.807, 2.05) is 0 Å². The third-order valence-corrected chi connectivity index (χ3v) is 5.71. The van der Waals surface area contributed by atoms with E-state index in [0.29, 0.717) is 0 Å². The predicted molar refractivity (Wildman–Crippen MR) is 109 cm³/mol. The lowest BCUT2D eigenvalue weighted by Gasteiger charge is -2.30. The van der Waals surface area contributed by atoms with Gasteiger partial charge in [-0.1, -0.05) is 0 Å². The second-order valence-corrected chi connectivity index (χ2v) is 10.0. The Balaban J connectivity index is 1.79. The summed E-state index contributed by atoms with van der Waals surface area (Å²) < 4.78 is 29.0. The molecular formula is C17H25N6O9P. The van der Waals surface area contributed by atoms with E-state index in [0.717, 1.165) is 0 Å². The fourth-order valence-electron chi connectivity index (χ4n) is 3.23. The average molecular weight is 488 g/mol. The molecule has 0 spiro atoms. The lowest BCUT2D eigenvalue weighted by Crippen LogP contribution is -2.40. The molecule has 33 heavy (non-hydrogen) atoms. The zero-order valence-corrected chi connectivity index (χ0v) is 18.8. The van der Waals surface area contributed by atoms with Crippen LogP contribution in [-0.2, 0) is 18.8 Å². The van der Waals surface area contributed by atoms with Gasteiger partial charge in [0.2, 0.25) is 11.7 Å². The zero-order chi connectivity index (χ0) is 24.7. The molecule has 0 aromatic carbocycles. The molecule has 1 saturated heterocycles. The number of ether oxygens (including phenoxy) is 3. The van der Waals surface area contributed by atoms with Crippen molar-refractivity contribution in [2.45, 2.75) is 63.0 Å². The van der Waals surface area contributed by atoms with E-state index in [4.69, 9.17) is 25.2 Å². The number of aliphatic hydroxyl groups excluding tert-OH is 3. The maximum Gasteiger partial charge on any atom is 0.359 e. The molecule has 3 rings (SSSR count). The Morgan fingerprint density at radius 3 is 2.58 bits per heavy atom. The number of anilines is 1. The van der Waals surface area contributed by atoms with Crippen LogP contribution in [0.1, 0.15) is 32.8 Å². The lowest BCUT2D eigenvalue weighted by molar-refractivity contribution is -0.211. The van der Waals surface area contributed by atoms with E-state index < -0.39 is 56.5 Å². The molecule has 1 fully saturated rings. The van der Waals surface area contributed by atoms with Crippen molar-refractivity contribution in [3.63, 3.8) is 0 Å². The van der Waals surface area contributed by atoms with Gasteiger partial charge in [-0.3, -0.25) is 9.13 Å². The van der Waals surface area contributed by atoms with Crippen LogP contribution >= 0.6 is 7.60 Å². The Labute approximate surface area is 187 Å². The molecule has 0 amide bonds. The van der Waals surface area contributed by atoms with Gasteiger partial charge in [0.05, 0.1) is 18.5 Å². The Bertz CT molecular complexity index is 1090. The normalized spacial score (nSPS) is 25.8. The predicted octanol–water partition coefficient (Wildman–Crippen LogP) is -1.45. The minimum Gasteiger partial charge on any atom is -0.387 e. The Hall–Kier alpha value is -2.25. The third kappa shape index (κ3) is 5.46. The largest absolute Gasteiger partial charge is 0.387 e. The number of aliphatic hydroxyl groups is 3. The van der Waals surface area contributed by atoms with Gasteiger partial charge in [0.15, 0.2) is 24.0 Å². The molecule has 0 saturated carbocycles. The summed E-state index contributed by atoms with van der Waals surface area (Å²) in [5.41, 5.74) is 5.04. The van der Waals surface area contributed by atoms with E-state index in [2.05, 4.69) is 15.0 Å². The standard InChI is InChI=1S/C17H25N6O9P/c1-17(2,3)32-15(26)16(33(27,28)29)30-5-7-10(24)11(25)14(31-7)23-6-20-9-12(19)21-8(4-18)22-13(9)23/h6-7,10-11,14-16,24-26H,5H2,1-3H3,(H2,19,21,22)(H2,27,28,29)/t7-,10-,11-,14-,15?,16+/m1/s1. The van der Waals surface area contributed by atoms with Crippen molar-refractivity contribution in [3.05, 3.63) is 12.2 Å². The van der Waals surface area contributed by atoms with Crippen LogP contribution < -0.4 is 5.73 Å². The molecular weight excluding hydrogens is 463 g/mol. The summed E-state index contributed by atoms with van der Waals surface area (Å²) in [7, 11) is -4.99. The number of aromatic nitrogens is 4. The maximum absolute atomic E-state index is 11.8. The van der Waals surface area contributed by atoms with Gasteiger partial charge in [-0.2, -0.15) is 15.2 Å². The van der Waals surface area contributed by atoms with Gasteiger partial charge in [-0.15, -0.1) is 0 Å². The smallest absolute Gasteiger partial charge is 0.359 e. The minimum atomic E-state index is -4.99. The third-order valence-electron chi connectivity index (χ3n) is 4.64. The van der Waals surface area contributed by atoms with Crippen molar-refractivity contribution in [1.82, 2.24) is 19.5 Å². The molecule has 3 heterocycles. The summed E-state index contributed by atoms with van der Waals surface area (Å²) in [5.74, 6) is -2.38. The first-order valence-electron chi connectivity index (χ1n) is 9.67. The highest BCUT2D eigenvalue weighted by Gasteiger charge is 2.46. The molecule has 182 valence electrons. The molecule has 1 aliphatic heterocycles. The van der Waals surface area contributed by atoms with Crippen LogP contribution in [0.15, 0.2) is 6.33 Å². The van der Waals surface area contributed by atoms with Gasteiger partial charge in [0.25, 0.3) is 0 Å². The number of nitrogens with zero attached hydrogens (tertiary/aromatic N) is 5. The van der Waals surface area contributed by atoms with E-state index in [1.165, 1.54) is 10.9 Å². The minimum absolute atomic E-state index is 0.0685. The molecule has 0 bridgehead atoms. The zero-order valence-electron chi connectivity index (χ0n) is 17.9. The summed E-state index contributed by atoms with van der Waals surface area (Å²) in [5, 5.41) is 40.1. The summed E-state index contributed by atoms with van der Waals surface area (Å²) in [6, 6.07) is 1.74. The number of nitriles is 1. The van der Waals surface area contributed by atoms with Gasteiger partial charge >= 0.3 is 7.60 Å². The van der Waals surface area contributed by atoms with Gasteiger partial charge in [-0.05, 0) is 20.8 Å². The van der Waals surface area contributed by atoms with Crippen molar-refractivity contribution in [3.8, 4) is 6.07 Å². The van der Waals surface area contributed by atoms with Gasteiger partial charge in [0.1, 0.15) is 29.9 Å². The number of imidazole rings is 1. The van der Waals surface area contributed by atoms with Crippen LogP contribution in [-0.4, -0.2) is 87.3 Å². The first kappa shape index (κ1) is 25.4. The van der Waals surface area contributed by atoms with Crippen molar-refractivity contribution in [2.24, 2.45) is 0 Å². The van der Waals surface area contributed by atoms with Crippen LogP contribution in [0.3, 0.4) is 0 Å². The molecule has 15 nitrogen and oxygen atoms in total. The Morgan fingerprint density at radius 1 is 1.33 bits per heavy atom. The second-order valence-electron chi connectivity index (χ2n) is 8.35. The SMILES string of the molecule is CC(C)(C)OC(O)[C@@H](OC[C@H]1O[C@@H](n2cnc3c(N)nc(C#N)nc32)[C@H](O)[C@@H]1O)P(=O)(O)O. The number of hydrogen-bond donors (Lipinski definition) is 6. The van der Waals surface area contributed by atoms with Gasteiger partial charge in [-0.25, -0.2) is 4.98 Å². The summed E-state index contributed by atoms with van der Waals surface area (Å²) in [4.78, 5) is 30.9. The molecule has 2 aromatic heterocycles. The summed E-state index contributed by atoms with van der Waals surface area (Å²) in [6.07, 6.45) is -6.33. The quantitative estimate of drug-likeness (QED) is 0.193. The summed E-state index contributed by atoms with van der Waals surface area (Å²) >= 11 is 0. The highest BCUT2D eigenvalue weighted by atomic mass is 31.2. The van der Waals surface area contributed by atoms with Crippen LogP contribution in [0.5, 0.6) is 0 Å². The molecule has 1 aliphatic rings. The second kappa shape index (κ2) is 9.18. The number of hydrogen-bond acceptors (Lipinski definition) is 12. The number of nitrogens with two attached hydrogens (primary N) is 1. The molecule has 0 aliphatic carbocycles. The van der Waals surface area contributed by atoms with Gasteiger partial charge < -0.3 is 45.1 Å². The van der Waals surface area contributed by atoms with E-state index in [1.54, 1.807) is 26.8 Å². The van der Waals surface area contributed by atoms with Crippen molar-refractivity contribution in [2.75, 3.05) is 12.3 Å². The lowest BCUT2D eigenvalue weighted by atomic mass is 10.1. The molecule has 1 unspecified atom stereocenters. The maximum atomic E-state index is 11.8. The van der Waals surface area contributed by atoms with Crippen molar-refractivity contribution >= 4 is 24.6 Å². The van der Waals surface area contributed by atoms with Crippen LogP contribution in [0, 0.1) is 11.3 Å². The van der Waals surface area contributed by atoms with E-state index in [-0.39, 0.29) is 22.8 Å². The van der Waals surface area contributed by atoms with Crippen molar-refractivity contribution in [1.29, 1.82) is 5.26 Å². The number of rotatable bonds is 7. The summed E-state index contributed by atoms with van der Waals surface area (Å²) in [6.45, 7) is 4.10. The monoisotopic (exact) mass is 488 g/mol. The number of fused-ring (bicyclic) bond motifs is 1. The first-order chi connectivity index (χ1) is 15.2. The highest BCUT2D eigenvalue weighted by molar-refractivity contribution is 7.52. The average Bonchev–Trinajstić information content (AvgIpc) is 3.22. The molecule has 0 radical (unpaired) electrons. The van der Waals surface area contributed by atoms with Gasteiger partial charge in [0, 0.05) is 0 Å². The fraction of sp³-hybridized carbons (Fsp3) is 0.647. The molecule has 2 aromatic rings. The van der Waals surface area contributed by atoms with Crippen LogP contribution in [0.25, 0.3) is 11.2 Å². The van der Waals surface area contributed by atoms with Crippen LogP contribution in [0.4, 0.5) is 5.82 Å². The molecule has 16 heteroatoms. The fourth-order valence-corrected chi connectivity index (χ4v) is 3.90. The molecule has 6 atom stereocenters. The number of nitrogen functional groups attached to an aromatic ring is 1. The van der Waals surface area contributed by atoms with Crippen molar-refractivity contribution < 1.29 is 43.9 Å². The molecule has 7 N–H and O–H groups in total. The Kier molecular flexibility index (Phi) is 7.06. The van der Waals surface area contributed by atoms with E-state index in [9.17, 15) is 29.7 Å². The van der Waals surface area contributed by atoms with E-state index >= 15 is 0 Å². The Morgan fingerprint density at radius 2 is 2.00 bits per heavy atom.